The van der Waals surface area contributed by atoms with Crippen molar-refractivity contribution in [3.8, 4) is 0 Å². The van der Waals surface area contributed by atoms with Crippen molar-refractivity contribution in [2.24, 2.45) is 5.41 Å². The molecule has 1 aromatic heterocycles. The molecule has 1 aromatic rings. The highest BCUT2D eigenvalue weighted by atomic mass is 79.9. The molecule has 3 nitrogen and oxygen atoms in total. The van der Waals surface area contributed by atoms with E-state index in [9.17, 15) is 0 Å². The van der Waals surface area contributed by atoms with Crippen LogP contribution in [-0.4, -0.2) is 15.0 Å². The fraction of sp³-hybridized carbons (Fsp3) is 0.800. The second-order valence-electron chi connectivity index (χ2n) is 4.53. The lowest BCUT2D eigenvalue weighted by molar-refractivity contribution is 0.262. The summed E-state index contributed by atoms with van der Waals surface area (Å²) in [5, 5.41) is 8.92. The maximum absolute atomic E-state index is 4.13. The average Bonchev–Trinajstić information content (AvgIpc) is 2.75. The van der Waals surface area contributed by atoms with Gasteiger partial charge in [0.2, 0.25) is 0 Å². The van der Waals surface area contributed by atoms with Crippen LogP contribution in [0.5, 0.6) is 0 Å². The maximum Gasteiger partial charge on any atom is 0.0733 e. The highest BCUT2D eigenvalue weighted by molar-refractivity contribution is 9.08. The second-order valence-corrected chi connectivity index (χ2v) is 5.10. The number of rotatable bonds is 3. The Morgan fingerprint density at radius 2 is 2.21 bits per heavy atom. The SMILES string of the molecule is CC1(Cn2nncc2CBr)CCCC1. The molecule has 1 saturated carbocycles. The van der Waals surface area contributed by atoms with E-state index >= 15 is 0 Å². The summed E-state index contributed by atoms with van der Waals surface area (Å²) in [5.74, 6) is 0. The molecule has 1 fully saturated rings. The molecule has 0 amide bonds. The summed E-state index contributed by atoms with van der Waals surface area (Å²) < 4.78 is 2.04. The summed E-state index contributed by atoms with van der Waals surface area (Å²) in [6.45, 7) is 3.38. The van der Waals surface area contributed by atoms with E-state index < -0.39 is 0 Å². The summed E-state index contributed by atoms with van der Waals surface area (Å²) in [5.41, 5.74) is 1.63. The highest BCUT2D eigenvalue weighted by Gasteiger charge is 2.29. The van der Waals surface area contributed by atoms with E-state index in [2.05, 4.69) is 33.2 Å². The number of halogens is 1. The predicted molar refractivity (Wildman–Crippen MR) is 59.2 cm³/mol. The first-order valence-corrected chi connectivity index (χ1v) is 6.29. The first kappa shape index (κ1) is 10.1. The van der Waals surface area contributed by atoms with Gasteiger partial charge in [0, 0.05) is 11.9 Å². The summed E-state index contributed by atoms with van der Waals surface area (Å²) in [7, 11) is 0. The third-order valence-electron chi connectivity index (χ3n) is 3.18. The minimum atomic E-state index is 0.449. The van der Waals surface area contributed by atoms with E-state index in [1.807, 2.05) is 10.9 Å². The molecule has 1 aliphatic carbocycles. The summed E-state index contributed by atoms with van der Waals surface area (Å²) in [4.78, 5) is 0. The number of aromatic nitrogens is 3. The van der Waals surface area contributed by atoms with E-state index in [4.69, 9.17) is 0 Å². The molecule has 0 unspecified atom stereocenters. The normalized spacial score (nSPS) is 20.1. The quantitative estimate of drug-likeness (QED) is 0.780. The van der Waals surface area contributed by atoms with Gasteiger partial charge in [0.05, 0.1) is 11.9 Å². The van der Waals surface area contributed by atoms with Gasteiger partial charge in [-0.15, -0.1) is 5.10 Å². The van der Waals surface area contributed by atoms with Gasteiger partial charge < -0.3 is 0 Å². The molecule has 0 spiro atoms. The molecule has 0 atom stereocenters. The molecule has 14 heavy (non-hydrogen) atoms. The Morgan fingerprint density at radius 1 is 1.50 bits per heavy atom. The fourth-order valence-corrected chi connectivity index (χ4v) is 2.70. The van der Waals surface area contributed by atoms with Crippen molar-refractivity contribution in [3.05, 3.63) is 11.9 Å². The molecule has 0 bridgehead atoms. The molecule has 0 saturated heterocycles. The highest BCUT2D eigenvalue weighted by Crippen LogP contribution is 2.38. The van der Waals surface area contributed by atoms with Gasteiger partial charge in [-0.3, -0.25) is 0 Å². The maximum atomic E-state index is 4.13. The molecule has 0 radical (unpaired) electrons. The van der Waals surface area contributed by atoms with Crippen LogP contribution in [-0.2, 0) is 11.9 Å². The first-order chi connectivity index (χ1) is 6.73. The Bertz CT molecular complexity index is 302. The molecule has 1 heterocycles. The topological polar surface area (TPSA) is 30.7 Å². The van der Waals surface area contributed by atoms with Gasteiger partial charge in [-0.2, -0.15) is 0 Å². The molecule has 4 heteroatoms. The molecule has 0 N–H and O–H groups in total. The third-order valence-corrected chi connectivity index (χ3v) is 3.75. The second kappa shape index (κ2) is 4.01. The van der Waals surface area contributed by atoms with Crippen molar-refractivity contribution in [1.82, 2.24) is 15.0 Å². The van der Waals surface area contributed by atoms with Gasteiger partial charge in [-0.1, -0.05) is 40.9 Å². The molecule has 0 aromatic carbocycles. The van der Waals surface area contributed by atoms with Crippen molar-refractivity contribution in [3.63, 3.8) is 0 Å². The largest absolute Gasteiger partial charge is 0.248 e. The zero-order valence-corrected chi connectivity index (χ0v) is 10.1. The van der Waals surface area contributed by atoms with Gasteiger partial charge in [0.15, 0.2) is 0 Å². The number of hydrogen-bond acceptors (Lipinski definition) is 2. The Labute approximate surface area is 93.0 Å². The Hall–Kier alpha value is -0.380. The first-order valence-electron chi connectivity index (χ1n) is 5.17. The van der Waals surface area contributed by atoms with Gasteiger partial charge in [0.1, 0.15) is 0 Å². The van der Waals surface area contributed by atoms with Crippen LogP contribution in [0, 0.1) is 5.41 Å². The summed E-state index contributed by atoms with van der Waals surface area (Å²) in [6, 6.07) is 0. The predicted octanol–water partition coefficient (Wildman–Crippen LogP) is 2.75. The molecule has 0 aliphatic heterocycles. The van der Waals surface area contributed by atoms with Crippen LogP contribution in [0.2, 0.25) is 0 Å². The van der Waals surface area contributed by atoms with Crippen LogP contribution in [0.25, 0.3) is 0 Å². The van der Waals surface area contributed by atoms with E-state index in [0.717, 1.165) is 11.9 Å². The van der Waals surface area contributed by atoms with Crippen molar-refractivity contribution in [2.75, 3.05) is 0 Å². The van der Waals surface area contributed by atoms with Gasteiger partial charge in [0.25, 0.3) is 0 Å². The van der Waals surface area contributed by atoms with Crippen LogP contribution >= 0.6 is 15.9 Å². The van der Waals surface area contributed by atoms with E-state index in [0.29, 0.717) is 5.41 Å². The van der Waals surface area contributed by atoms with Crippen molar-refractivity contribution < 1.29 is 0 Å². The molecule has 1 aliphatic rings. The van der Waals surface area contributed by atoms with Crippen LogP contribution in [0.15, 0.2) is 6.20 Å². The van der Waals surface area contributed by atoms with Crippen LogP contribution in [0.1, 0.15) is 38.3 Å². The van der Waals surface area contributed by atoms with Crippen LogP contribution in [0.3, 0.4) is 0 Å². The third kappa shape index (κ3) is 2.00. The van der Waals surface area contributed by atoms with Gasteiger partial charge in [-0.25, -0.2) is 4.68 Å². The van der Waals surface area contributed by atoms with Crippen molar-refractivity contribution >= 4 is 15.9 Å². The standard InChI is InChI=1S/C10H16BrN3/c1-10(4-2-3-5-10)8-14-9(6-11)7-12-13-14/h7H,2-6,8H2,1H3. The van der Waals surface area contributed by atoms with Crippen LogP contribution < -0.4 is 0 Å². The Kier molecular flexibility index (Phi) is 2.91. The number of hydrogen-bond donors (Lipinski definition) is 0. The average molecular weight is 258 g/mol. The minimum absolute atomic E-state index is 0.449. The monoisotopic (exact) mass is 257 g/mol. The molecular formula is C10H16BrN3. The Balaban J connectivity index is 2.09. The smallest absolute Gasteiger partial charge is 0.0733 e. The molecule has 2 rings (SSSR count). The lowest BCUT2D eigenvalue weighted by Gasteiger charge is -2.23. The van der Waals surface area contributed by atoms with Crippen molar-refractivity contribution in [2.45, 2.75) is 44.5 Å². The lowest BCUT2D eigenvalue weighted by atomic mass is 9.89. The van der Waals surface area contributed by atoms with E-state index in [1.165, 1.54) is 31.4 Å². The summed E-state index contributed by atoms with van der Waals surface area (Å²) in [6.07, 6.45) is 7.24. The number of nitrogens with zero attached hydrogens (tertiary/aromatic N) is 3. The van der Waals surface area contributed by atoms with Gasteiger partial charge >= 0.3 is 0 Å². The minimum Gasteiger partial charge on any atom is -0.248 e. The van der Waals surface area contributed by atoms with Crippen molar-refractivity contribution in [1.29, 1.82) is 0 Å². The number of alkyl halides is 1. The van der Waals surface area contributed by atoms with E-state index in [1.54, 1.807) is 0 Å². The zero-order chi connectivity index (χ0) is 10.0. The Morgan fingerprint density at radius 3 is 2.86 bits per heavy atom. The zero-order valence-electron chi connectivity index (χ0n) is 8.54. The van der Waals surface area contributed by atoms with E-state index in [-0.39, 0.29) is 0 Å². The fourth-order valence-electron chi connectivity index (χ4n) is 2.26. The van der Waals surface area contributed by atoms with Gasteiger partial charge in [-0.05, 0) is 18.3 Å². The molecule has 78 valence electrons. The van der Waals surface area contributed by atoms with Crippen LogP contribution in [0.4, 0.5) is 0 Å². The lowest BCUT2D eigenvalue weighted by Crippen LogP contribution is -2.21. The summed E-state index contributed by atoms with van der Waals surface area (Å²) >= 11 is 3.45. The molecular weight excluding hydrogens is 242 g/mol.